The standard InChI is InChI=1S/C12H10O3/c13-10-6-9(7-11(14)12(10)15)8-4-2-1-3-5-8/h1-7,13-15H. The molecular weight excluding hydrogens is 192 g/mol. The normalized spacial score (nSPS) is 10.1. The van der Waals surface area contributed by atoms with E-state index >= 15 is 0 Å². The molecule has 0 saturated carbocycles. The molecule has 0 aliphatic rings. The van der Waals surface area contributed by atoms with E-state index in [1.165, 1.54) is 12.1 Å². The molecule has 0 aliphatic heterocycles. The fourth-order valence-electron chi connectivity index (χ4n) is 1.40. The molecule has 0 fully saturated rings. The Labute approximate surface area is 86.9 Å². The molecule has 0 saturated heterocycles. The molecule has 0 unspecified atom stereocenters. The molecule has 3 N–H and O–H groups in total. The smallest absolute Gasteiger partial charge is 0.200 e. The Bertz CT molecular complexity index is 454. The van der Waals surface area contributed by atoms with Gasteiger partial charge < -0.3 is 15.3 Å². The number of benzene rings is 2. The van der Waals surface area contributed by atoms with Crippen LogP contribution in [0.1, 0.15) is 0 Å². The summed E-state index contributed by atoms with van der Waals surface area (Å²) in [6.45, 7) is 0. The van der Waals surface area contributed by atoms with Crippen LogP contribution in [0.2, 0.25) is 0 Å². The zero-order chi connectivity index (χ0) is 10.8. The van der Waals surface area contributed by atoms with Crippen LogP contribution in [-0.4, -0.2) is 15.3 Å². The fraction of sp³-hybridized carbons (Fsp3) is 0. The highest BCUT2D eigenvalue weighted by Gasteiger charge is 2.08. The van der Waals surface area contributed by atoms with Crippen molar-refractivity contribution in [2.24, 2.45) is 0 Å². The number of phenolic OH excluding ortho intramolecular Hbond substituents is 3. The molecule has 2 aromatic rings. The highest BCUT2D eigenvalue weighted by molar-refractivity contribution is 5.70. The highest BCUT2D eigenvalue weighted by atomic mass is 16.3. The van der Waals surface area contributed by atoms with Crippen molar-refractivity contribution in [1.82, 2.24) is 0 Å². The van der Waals surface area contributed by atoms with Gasteiger partial charge in [0.1, 0.15) is 0 Å². The van der Waals surface area contributed by atoms with Gasteiger partial charge in [-0.3, -0.25) is 0 Å². The van der Waals surface area contributed by atoms with Gasteiger partial charge in [0.15, 0.2) is 17.2 Å². The lowest BCUT2D eigenvalue weighted by Gasteiger charge is -2.05. The van der Waals surface area contributed by atoms with Crippen LogP contribution in [0.5, 0.6) is 17.2 Å². The van der Waals surface area contributed by atoms with Crippen LogP contribution in [0.15, 0.2) is 42.5 Å². The second kappa shape index (κ2) is 3.53. The zero-order valence-corrected chi connectivity index (χ0v) is 7.88. The number of hydrogen-bond acceptors (Lipinski definition) is 3. The summed E-state index contributed by atoms with van der Waals surface area (Å²) in [5, 5.41) is 27.8. The number of phenols is 3. The van der Waals surface area contributed by atoms with Crippen molar-refractivity contribution in [3.8, 4) is 28.4 Å². The molecule has 0 aromatic heterocycles. The Morgan fingerprint density at radius 1 is 0.667 bits per heavy atom. The lowest BCUT2D eigenvalue weighted by Crippen LogP contribution is -1.78. The number of aromatic hydroxyl groups is 3. The van der Waals surface area contributed by atoms with Crippen molar-refractivity contribution in [3.63, 3.8) is 0 Å². The van der Waals surface area contributed by atoms with E-state index in [2.05, 4.69) is 0 Å². The minimum Gasteiger partial charge on any atom is -0.504 e. The maximum absolute atomic E-state index is 9.33. The first-order valence-electron chi connectivity index (χ1n) is 4.49. The molecule has 2 rings (SSSR count). The molecule has 3 heteroatoms. The van der Waals surface area contributed by atoms with Crippen molar-refractivity contribution in [2.75, 3.05) is 0 Å². The Hall–Kier alpha value is -2.16. The summed E-state index contributed by atoms with van der Waals surface area (Å²) in [4.78, 5) is 0. The van der Waals surface area contributed by atoms with E-state index < -0.39 is 5.75 Å². The minimum absolute atomic E-state index is 0.325. The van der Waals surface area contributed by atoms with E-state index in [-0.39, 0.29) is 11.5 Å². The molecule has 0 amide bonds. The lowest BCUT2D eigenvalue weighted by atomic mass is 10.0. The van der Waals surface area contributed by atoms with Crippen LogP contribution < -0.4 is 0 Å². The largest absolute Gasteiger partial charge is 0.504 e. The Balaban J connectivity index is 2.56. The van der Waals surface area contributed by atoms with E-state index in [0.29, 0.717) is 5.56 Å². The lowest BCUT2D eigenvalue weighted by molar-refractivity contribution is 0.368. The van der Waals surface area contributed by atoms with E-state index in [1.54, 1.807) is 0 Å². The second-order valence-electron chi connectivity index (χ2n) is 3.23. The summed E-state index contributed by atoms with van der Waals surface area (Å²) in [6.07, 6.45) is 0. The van der Waals surface area contributed by atoms with Crippen LogP contribution in [0.4, 0.5) is 0 Å². The molecule has 2 aromatic carbocycles. The molecule has 0 radical (unpaired) electrons. The first-order valence-corrected chi connectivity index (χ1v) is 4.49. The average Bonchev–Trinajstić information content (AvgIpc) is 2.26. The third kappa shape index (κ3) is 1.72. The second-order valence-corrected chi connectivity index (χ2v) is 3.23. The summed E-state index contributed by atoms with van der Waals surface area (Å²) in [5.74, 6) is -1.14. The Morgan fingerprint density at radius 3 is 1.73 bits per heavy atom. The highest BCUT2D eigenvalue weighted by Crippen LogP contribution is 2.38. The van der Waals surface area contributed by atoms with Crippen molar-refractivity contribution >= 4 is 0 Å². The predicted molar refractivity (Wildman–Crippen MR) is 56.9 cm³/mol. The van der Waals surface area contributed by atoms with Gasteiger partial charge >= 0.3 is 0 Å². The summed E-state index contributed by atoms with van der Waals surface area (Å²) in [6, 6.07) is 12.1. The Kier molecular flexibility index (Phi) is 2.21. The quantitative estimate of drug-likeness (QED) is 0.622. The third-order valence-corrected chi connectivity index (χ3v) is 2.18. The fourth-order valence-corrected chi connectivity index (χ4v) is 1.40. The summed E-state index contributed by atoms with van der Waals surface area (Å²) < 4.78 is 0. The zero-order valence-electron chi connectivity index (χ0n) is 7.88. The summed E-state index contributed by atoms with van der Waals surface area (Å²) in [7, 11) is 0. The Morgan fingerprint density at radius 2 is 1.20 bits per heavy atom. The monoisotopic (exact) mass is 202 g/mol. The van der Waals surface area contributed by atoms with Gasteiger partial charge in [0.2, 0.25) is 0 Å². The van der Waals surface area contributed by atoms with Crippen molar-refractivity contribution in [3.05, 3.63) is 42.5 Å². The van der Waals surface area contributed by atoms with Gasteiger partial charge in [-0.15, -0.1) is 0 Å². The molecular formula is C12H10O3. The van der Waals surface area contributed by atoms with Crippen molar-refractivity contribution in [1.29, 1.82) is 0 Å². The average molecular weight is 202 g/mol. The minimum atomic E-state index is -0.491. The van der Waals surface area contributed by atoms with Gasteiger partial charge in [-0.05, 0) is 23.3 Å². The van der Waals surface area contributed by atoms with Gasteiger partial charge in [0, 0.05) is 0 Å². The van der Waals surface area contributed by atoms with Gasteiger partial charge in [0.05, 0.1) is 0 Å². The predicted octanol–water partition coefficient (Wildman–Crippen LogP) is 2.47. The number of rotatable bonds is 1. The van der Waals surface area contributed by atoms with Gasteiger partial charge in [0.25, 0.3) is 0 Å². The third-order valence-electron chi connectivity index (χ3n) is 2.18. The maximum Gasteiger partial charge on any atom is 0.200 e. The molecule has 15 heavy (non-hydrogen) atoms. The van der Waals surface area contributed by atoms with E-state index in [9.17, 15) is 15.3 Å². The van der Waals surface area contributed by atoms with Crippen molar-refractivity contribution in [2.45, 2.75) is 0 Å². The molecule has 3 nitrogen and oxygen atoms in total. The molecule has 0 aliphatic carbocycles. The van der Waals surface area contributed by atoms with Gasteiger partial charge in [-0.2, -0.15) is 0 Å². The van der Waals surface area contributed by atoms with E-state index in [0.717, 1.165) is 5.56 Å². The molecule has 0 atom stereocenters. The summed E-state index contributed by atoms with van der Waals surface area (Å²) >= 11 is 0. The first kappa shape index (κ1) is 9.40. The van der Waals surface area contributed by atoms with Crippen LogP contribution in [0, 0.1) is 0 Å². The van der Waals surface area contributed by atoms with Crippen LogP contribution in [-0.2, 0) is 0 Å². The van der Waals surface area contributed by atoms with E-state index in [1.807, 2.05) is 30.3 Å². The molecule has 0 spiro atoms. The molecule has 0 bridgehead atoms. The summed E-state index contributed by atoms with van der Waals surface area (Å²) in [5.41, 5.74) is 1.52. The van der Waals surface area contributed by atoms with Crippen molar-refractivity contribution < 1.29 is 15.3 Å². The van der Waals surface area contributed by atoms with Crippen LogP contribution in [0.3, 0.4) is 0 Å². The SMILES string of the molecule is Oc1cc(-c2ccccc2)cc(O)c1O. The van der Waals surface area contributed by atoms with Crippen LogP contribution in [0.25, 0.3) is 11.1 Å². The topological polar surface area (TPSA) is 60.7 Å². The first-order chi connectivity index (χ1) is 7.18. The molecule has 0 heterocycles. The molecule has 76 valence electrons. The maximum atomic E-state index is 9.33. The van der Waals surface area contributed by atoms with Gasteiger partial charge in [-0.25, -0.2) is 0 Å². The number of hydrogen-bond donors (Lipinski definition) is 3. The van der Waals surface area contributed by atoms with Gasteiger partial charge in [-0.1, -0.05) is 30.3 Å². The van der Waals surface area contributed by atoms with Crippen LogP contribution >= 0.6 is 0 Å². The van der Waals surface area contributed by atoms with E-state index in [4.69, 9.17) is 0 Å².